The van der Waals surface area contributed by atoms with Crippen LogP contribution >= 0.6 is 0 Å². The van der Waals surface area contributed by atoms with Gasteiger partial charge in [0.1, 0.15) is 5.75 Å². The quantitative estimate of drug-likeness (QED) is 0.670. The fourth-order valence-corrected chi connectivity index (χ4v) is 2.86. The summed E-state index contributed by atoms with van der Waals surface area (Å²) in [5.74, 6) is 1.59. The zero-order valence-corrected chi connectivity index (χ0v) is 13.4. The molecule has 0 heterocycles. The highest BCUT2D eigenvalue weighted by atomic mass is 16.5. The molecule has 2 rings (SSSR count). The van der Waals surface area contributed by atoms with Crippen LogP contribution in [0.2, 0.25) is 0 Å². The molecule has 0 aromatic heterocycles. The molecule has 1 unspecified atom stereocenters. The summed E-state index contributed by atoms with van der Waals surface area (Å²) in [5.41, 5.74) is 7.37. The first-order valence-electron chi connectivity index (χ1n) is 7.79. The standard InChI is InChI=1S/C17H27N3O/c1-13(12-14-8-4-7-11-16(14)21-3)20(2)17(18)19-15-9-5-6-10-15/h4,7-8,11,13,15H,5-6,9-10,12H2,1-3H3,(H2,18,19). The van der Waals surface area contributed by atoms with Crippen LogP contribution in [-0.4, -0.2) is 37.1 Å². The lowest BCUT2D eigenvalue weighted by Gasteiger charge is -2.27. The molecule has 1 saturated carbocycles. The summed E-state index contributed by atoms with van der Waals surface area (Å²) in [5, 5.41) is 0. The smallest absolute Gasteiger partial charge is 0.191 e. The van der Waals surface area contributed by atoms with E-state index in [4.69, 9.17) is 10.5 Å². The molecule has 1 aliphatic carbocycles. The number of hydrogen-bond acceptors (Lipinski definition) is 2. The monoisotopic (exact) mass is 289 g/mol. The van der Waals surface area contributed by atoms with E-state index in [9.17, 15) is 0 Å². The Labute approximate surface area is 128 Å². The van der Waals surface area contributed by atoms with Crippen LogP contribution in [0, 0.1) is 0 Å². The minimum atomic E-state index is 0.284. The van der Waals surface area contributed by atoms with Crippen LogP contribution in [0.25, 0.3) is 0 Å². The second kappa shape index (κ2) is 7.34. The highest BCUT2D eigenvalue weighted by molar-refractivity contribution is 5.78. The van der Waals surface area contributed by atoms with Crippen LogP contribution in [0.15, 0.2) is 29.3 Å². The maximum atomic E-state index is 6.17. The molecule has 0 amide bonds. The number of para-hydroxylation sites is 1. The SMILES string of the molecule is COc1ccccc1CC(C)N(C)C(N)=NC1CCCC1. The van der Waals surface area contributed by atoms with Gasteiger partial charge in [0.2, 0.25) is 0 Å². The van der Waals surface area contributed by atoms with Gasteiger partial charge in [-0.2, -0.15) is 0 Å². The van der Waals surface area contributed by atoms with Crippen molar-refractivity contribution in [3.63, 3.8) is 0 Å². The van der Waals surface area contributed by atoms with Gasteiger partial charge in [-0.25, -0.2) is 4.99 Å². The number of ether oxygens (including phenoxy) is 1. The first-order valence-corrected chi connectivity index (χ1v) is 7.79. The highest BCUT2D eigenvalue weighted by Crippen LogP contribution is 2.22. The Kier molecular flexibility index (Phi) is 5.48. The van der Waals surface area contributed by atoms with E-state index in [1.807, 2.05) is 25.2 Å². The average molecular weight is 289 g/mol. The number of aliphatic imine (C=N–C) groups is 1. The summed E-state index contributed by atoms with van der Waals surface area (Å²) in [7, 11) is 3.73. The maximum absolute atomic E-state index is 6.17. The molecule has 0 radical (unpaired) electrons. The van der Waals surface area contributed by atoms with E-state index >= 15 is 0 Å². The Morgan fingerprint density at radius 2 is 2.05 bits per heavy atom. The number of benzene rings is 1. The molecular formula is C17H27N3O. The lowest BCUT2D eigenvalue weighted by atomic mass is 10.1. The molecular weight excluding hydrogens is 262 g/mol. The van der Waals surface area contributed by atoms with Crippen molar-refractivity contribution in [1.29, 1.82) is 0 Å². The molecule has 1 fully saturated rings. The molecule has 4 nitrogen and oxygen atoms in total. The molecule has 1 aliphatic rings. The van der Waals surface area contributed by atoms with Crippen LogP contribution in [0.5, 0.6) is 5.75 Å². The predicted octanol–water partition coefficient (Wildman–Crippen LogP) is 2.82. The normalized spacial score (nSPS) is 17.8. The van der Waals surface area contributed by atoms with Gasteiger partial charge in [0.05, 0.1) is 13.2 Å². The summed E-state index contributed by atoms with van der Waals surface area (Å²) >= 11 is 0. The van der Waals surface area contributed by atoms with E-state index < -0.39 is 0 Å². The van der Waals surface area contributed by atoms with E-state index in [1.54, 1.807) is 7.11 Å². The third-order valence-corrected chi connectivity index (χ3v) is 4.37. The van der Waals surface area contributed by atoms with Gasteiger partial charge in [0.15, 0.2) is 5.96 Å². The lowest BCUT2D eigenvalue weighted by molar-refractivity contribution is 0.368. The number of rotatable bonds is 5. The summed E-state index contributed by atoms with van der Waals surface area (Å²) in [6.07, 6.45) is 5.80. The Morgan fingerprint density at radius 1 is 1.38 bits per heavy atom. The summed E-state index contributed by atoms with van der Waals surface area (Å²) in [4.78, 5) is 6.74. The zero-order valence-electron chi connectivity index (χ0n) is 13.4. The second-order valence-electron chi connectivity index (χ2n) is 5.90. The molecule has 1 atom stereocenters. The topological polar surface area (TPSA) is 50.9 Å². The van der Waals surface area contributed by atoms with E-state index in [-0.39, 0.29) is 6.04 Å². The Morgan fingerprint density at radius 3 is 2.71 bits per heavy atom. The van der Waals surface area contributed by atoms with Crippen molar-refractivity contribution in [3.8, 4) is 5.75 Å². The van der Waals surface area contributed by atoms with Gasteiger partial charge < -0.3 is 15.4 Å². The molecule has 1 aromatic carbocycles. The van der Waals surface area contributed by atoms with Gasteiger partial charge in [-0.3, -0.25) is 0 Å². The van der Waals surface area contributed by atoms with Crippen molar-refractivity contribution in [2.45, 2.75) is 51.1 Å². The molecule has 0 aliphatic heterocycles. The first-order chi connectivity index (χ1) is 10.1. The van der Waals surface area contributed by atoms with E-state index in [2.05, 4.69) is 22.9 Å². The van der Waals surface area contributed by atoms with Crippen LogP contribution in [0.4, 0.5) is 0 Å². The lowest BCUT2D eigenvalue weighted by Crippen LogP contribution is -2.42. The van der Waals surface area contributed by atoms with Gasteiger partial charge >= 0.3 is 0 Å². The van der Waals surface area contributed by atoms with Gasteiger partial charge in [-0.05, 0) is 37.8 Å². The maximum Gasteiger partial charge on any atom is 0.191 e. The van der Waals surface area contributed by atoms with Crippen molar-refractivity contribution < 1.29 is 4.74 Å². The molecule has 4 heteroatoms. The molecule has 0 spiro atoms. The summed E-state index contributed by atoms with van der Waals surface area (Å²) in [6, 6.07) is 8.84. The molecule has 116 valence electrons. The predicted molar refractivity (Wildman–Crippen MR) is 87.8 cm³/mol. The Hall–Kier alpha value is -1.71. The second-order valence-corrected chi connectivity index (χ2v) is 5.90. The fraction of sp³-hybridized carbons (Fsp3) is 0.588. The van der Waals surface area contributed by atoms with E-state index in [0.717, 1.165) is 12.2 Å². The van der Waals surface area contributed by atoms with Gasteiger partial charge in [0.25, 0.3) is 0 Å². The third-order valence-electron chi connectivity index (χ3n) is 4.37. The average Bonchev–Trinajstić information content (AvgIpc) is 2.99. The van der Waals surface area contributed by atoms with Gasteiger partial charge in [-0.15, -0.1) is 0 Å². The van der Waals surface area contributed by atoms with E-state index in [0.29, 0.717) is 12.0 Å². The van der Waals surface area contributed by atoms with Crippen molar-refractivity contribution in [3.05, 3.63) is 29.8 Å². The number of nitrogens with zero attached hydrogens (tertiary/aromatic N) is 2. The highest BCUT2D eigenvalue weighted by Gasteiger charge is 2.18. The largest absolute Gasteiger partial charge is 0.496 e. The molecule has 2 N–H and O–H groups in total. The Bertz CT molecular complexity index is 481. The minimum absolute atomic E-state index is 0.284. The minimum Gasteiger partial charge on any atom is -0.496 e. The number of likely N-dealkylation sites (N-methyl/N-ethyl adjacent to an activating group) is 1. The molecule has 1 aromatic rings. The molecule has 21 heavy (non-hydrogen) atoms. The van der Waals surface area contributed by atoms with Crippen LogP contribution in [0.1, 0.15) is 38.2 Å². The fourth-order valence-electron chi connectivity index (χ4n) is 2.86. The molecule has 0 bridgehead atoms. The number of guanidine groups is 1. The van der Waals surface area contributed by atoms with Gasteiger partial charge in [-0.1, -0.05) is 31.0 Å². The summed E-state index contributed by atoms with van der Waals surface area (Å²) in [6.45, 7) is 2.17. The van der Waals surface area contributed by atoms with Crippen LogP contribution in [0.3, 0.4) is 0 Å². The number of hydrogen-bond donors (Lipinski definition) is 1. The Balaban J connectivity index is 1.99. The van der Waals surface area contributed by atoms with Crippen molar-refractivity contribution in [1.82, 2.24) is 4.90 Å². The van der Waals surface area contributed by atoms with Crippen molar-refractivity contribution >= 4 is 5.96 Å². The van der Waals surface area contributed by atoms with Crippen molar-refractivity contribution in [2.75, 3.05) is 14.2 Å². The first kappa shape index (κ1) is 15.7. The zero-order chi connectivity index (χ0) is 15.2. The summed E-state index contributed by atoms with van der Waals surface area (Å²) < 4.78 is 5.41. The van der Waals surface area contributed by atoms with Crippen molar-refractivity contribution in [2.24, 2.45) is 10.7 Å². The molecule has 0 saturated heterocycles. The third kappa shape index (κ3) is 4.13. The number of methoxy groups -OCH3 is 1. The van der Waals surface area contributed by atoms with Crippen LogP contribution in [-0.2, 0) is 6.42 Å². The van der Waals surface area contributed by atoms with E-state index in [1.165, 1.54) is 31.2 Å². The van der Waals surface area contributed by atoms with Gasteiger partial charge in [0, 0.05) is 13.1 Å². The van der Waals surface area contributed by atoms with Crippen LogP contribution < -0.4 is 10.5 Å². The number of nitrogens with two attached hydrogens (primary N) is 1.